The largest absolute Gasteiger partial charge is 0.493 e. The van der Waals surface area contributed by atoms with E-state index in [9.17, 15) is 13.6 Å². The second-order valence-corrected chi connectivity index (χ2v) is 5.91. The molecule has 2 rings (SSSR count). The Hall–Kier alpha value is -3.42. The van der Waals surface area contributed by atoms with Gasteiger partial charge in [0, 0.05) is 29.3 Å². The first-order chi connectivity index (χ1) is 13.3. The third-order valence-electron chi connectivity index (χ3n) is 4.06. The van der Waals surface area contributed by atoms with Crippen molar-refractivity contribution in [2.24, 2.45) is 16.5 Å². The molecule has 0 bridgehead atoms. The number of aliphatic imine (C=N–C) groups is 1. The van der Waals surface area contributed by atoms with Crippen molar-refractivity contribution in [1.82, 2.24) is 5.32 Å². The Bertz CT molecular complexity index is 942. The van der Waals surface area contributed by atoms with Gasteiger partial charge in [-0.05, 0) is 19.2 Å². The minimum Gasteiger partial charge on any atom is -0.493 e. The first-order valence-corrected chi connectivity index (χ1v) is 8.52. The van der Waals surface area contributed by atoms with E-state index in [0.717, 1.165) is 18.6 Å². The van der Waals surface area contributed by atoms with Crippen molar-refractivity contribution >= 4 is 24.0 Å². The lowest BCUT2D eigenvalue weighted by atomic mass is 9.97. The van der Waals surface area contributed by atoms with Crippen LogP contribution in [-0.4, -0.2) is 26.3 Å². The van der Waals surface area contributed by atoms with Gasteiger partial charge < -0.3 is 21.5 Å². The number of para-hydroxylation sites is 1. The molecular weight excluding hydrogens is 366 g/mol. The second-order valence-electron chi connectivity index (χ2n) is 5.91. The molecule has 0 saturated carbocycles. The van der Waals surface area contributed by atoms with Crippen molar-refractivity contribution in [3.63, 3.8) is 0 Å². The van der Waals surface area contributed by atoms with E-state index in [1.807, 2.05) is 6.92 Å². The fourth-order valence-corrected chi connectivity index (χ4v) is 2.72. The highest BCUT2D eigenvalue weighted by molar-refractivity contribution is 6.01. The molecule has 0 unspecified atom stereocenters. The second kappa shape index (κ2) is 8.98. The minimum absolute atomic E-state index is 0.0197. The first kappa shape index (κ1) is 20.9. The Morgan fingerprint density at radius 1 is 1.25 bits per heavy atom. The fourth-order valence-electron chi connectivity index (χ4n) is 2.72. The zero-order valence-electron chi connectivity index (χ0n) is 15.7. The molecule has 0 aromatic heterocycles. The Balaban J connectivity index is 2.68. The number of benzene rings is 2. The summed E-state index contributed by atoms with van der Waals surface area (Å²) in [7, 11) is 1.27. The summed E-state index contributed by atoms with van der Waals surface area (Å²) in [6, 6.07) is 6.62. The van der Waals surface area contributed by atoms with Gasteiger partial charge in [-0.15, -0.1) is 0 Å². The van der Waals surface area contributed by atoms with Crippen molar-refractivity contribution < 1.29 is 18.3 Å². The molecule has 2 aromatic rings. The molecule has 8 heteroatoms. The Labute approximate surface area is 161 Å². The molecule has 2 aromatic carbocycles. The van der Waals surface area contributed by atoms with E-state index in [4.69, 9.17) is 16.2 Å². The summed E-state index contributed by atoms with van der Waals surface area (Å²) >= 11 is 0. The molecule has 0 heterocycles. The third kappa shape index (κ3) is 4.11. The lowest BCUT2D eigenvalue weighted by molar-refractivity contribution is -0.117. The van der Waals surface area contributed by atoms with Crippen molar-refractivity contribution in [1.29, 1.82) is 0 Å². The van der Waals surface area contributed by atoms with Crippen molar-refractivity contribution in [3.8, 4) is 16.9 Å². The number of carbonyl (C=O) groups excluding carboxylic acids is 1. The maximum atomic E-state index is 14.1. The van der Waals surface area contributed by atoms with Crippen LogP contribution in [0.2, 0.25) is 0 Å². The monoisotopic (exact) mass is 388 g/mol. The summed E-state index contributed by atoms with van der Waals surface area (Å²) in [4.78, 5) is 16.1. The molecule has 148 valence electrons. The zero-order valence-corrected chi connectivity index (χ0v) is 15.7. The van der Waals surface area contributed by atoms with E-state index in [0.29, 0.717) is 17.7 Å². The molecule has 0 aliphatic carbocycles. The number of nitrogens with zero attached hydrogens (tertiary/aromatic N) is 1. The minimum atomic E-state index is -0.861. The number of ether oxygens (including phenoxy) is 1. The van der Waals surface area contributed by atoms with E-state index in [1.165, 1.54) is 7.11 Å². The van der Waals surface area contributed by atoms with E-state index in [-0.39, 0.29) is 28.4 Å². The molecule has 0 aliphatic rings. The van der Waals surface area contributed by atoms with Crippen LogP contribution < -0.4 is 21.5 Å². The Kier molecular flexibility index (Phi) is 6.70. The lowest BCUT2D eigenvalue weighted by Crippen LogP contribution is -2.31. The fraction of sp³-hybridized carbons (Fsp3) is 0.200. The van der Waals surface area contributed by atoms with E-state index in [2.05, 4.69) is 17.0 Å². The van der Waals surface area contributed by atoms with Gasteiger partial charge in [0.05, 0.1) is 18.5 Å². The number of hydrogen-bond acceptors (Lipinski definition) is 5. The molecule has 0 fully saturated rings. The van der Waals surface area contributed by atoms with E-state index in [1.54, 1.807) is 18.2 Å². The van der Waals surface area contributed by atoms with Gasteiger partial charge in [-0.1, -0.05) is 25.1 Å². The predicted molar refractivity (Wildman–Crippen MR) is 106 cm³/mol. The number of hydrogen-bond donors (Lipinski definition) is 3. The van der Waals surface area contributed by atoms with Crippen molar-refractivity contribution in [2.75, 3.05) is 13.7 Å². The molecule has 5 N–H and O–H groups in total. The molecule has 0 saturated heterocycles. The average molecular weight is 388 g/mol. The van der Waals surface area contributed by atoms with Crippen molar-refractivity contribution in [2.45, 2.75) is 13.3 Å². The molecule has 0 atom stereocenters. The standard InChI is InChI=1S/C20H22F2N4O2/c1-4-8-26-20(27)17(24)16(23)13-7-5-6-12(18(13)25-2)14-9-11(21)10-15(22)19(14)28-3/h5-7,9-10H,2,4,8,23-24H2,1,3H3,(H,26,27)/b17-16+. The van der Waals surface area contributed by atoms with Gasteiger partial charge >= 0.3 is 0 Å². The maximum absolute atomic E-state index is 14.1. The molecule has 0 aliphatic heterocycles. The number of amides is 1. The predicted octanol–water partition coefficient (Wildman–Crippen LogP) is 3.08. The zero-order chi connectivity index (χ0) is 20.8. The third-order valence-corrected chi connectivity index (χ3v) is 4.06. The summed E-state index contributed by atoms with van der Waals surface area (Å²) in [5.41, 5.74) is 12.8. The van der Waals surface area contributed by atoms with Gasteiger partial charge in [0.15, 0.2) is 11.6 Å². The number of halogens is 2. The quantitative estimate of drug-likeness (QED) is 0.501. The Morgan fingerprint density at radius 3 is 2.57 bits per heavy atom. The molecule has 28 heavy (non-hydrogen) atoms. The van der Waals surface area contributed by atoms with Gasteiger partial charge in [0.1, 0.15) is 11.5 Å². The molecule has 6 nitrogen and oxygen atoms in total. The summed E-state index contributed by atoms with van der Waals surface area (Å²) in [6.07, 6.45) is 0.735. The van der Waals surface area contributed by atoms with Gasteiger partial charge in [-0.2, -0.15) is 0 Å². The van der Waals surface area contributed by atoms with Gasteiger partial charge in [-0.25, -0.2) is 8.78 Å². The Morgan fingerprint density at radius 2 is 1.96 bits per heavy atom. The van der Waals surface area contributed by atoms with Crippen LogP contribution in [0.25, 0.3) is 16.8 Å². The van der Waals surface area contributed by atoms with E-state index < -0.39 is 17.5 Å². The summed E-state index contributed by atoms with van der Waals surface area (Å²) < 4.78 is 33.0. The normalized spacial score (nSPS) is 11.6. The summed E-state index contributed by atoms with van der Waals surface area (Å²) in [6.45, 7) is 5.86. The van der Waals surface area contributed by atoms with Crippen LogP contribution >= 0.6 is 0 Å². The molecule has 0 radical (unpaired) electrons. The van der Waals surface area contributed by atoms with Crippen LogP contribution in [-0.2, 0) is 4.79 Å². The smallest absolute Gasteiger partial charge is 0.269 e. The highest BCUT2D eigenvalue weighted by Crippen LogP contribution is 2.41. The highest BCUT2D eigenvalue weighted by Gasteiger charge is 2.20. The summed E-state index contributed by atoms with van der Waals surface area (Å²) in [5.74, 6) is -2.32. The van der Waals surface area contributed by atoms with Gasteiger partial charge in [0.25, 0.3) is 5.91 Å². The van der Waals surface area contributed by atoms with Crippen LogP contribution in [0.4, 0.5) is 14.5 Å². The van der Waals surface area contributed by atoms with Crippen LogP contribution in [0.3, 0.4) is 0 Å². The first-order valence-electron chi connectivity index (χ1n) is 8.52. The topological polar surface area (TPSA) is 103 Å². The SMILES string of the molecule is C=Nc1c(/C(N)=C(\N)C(=O)NCCC)cccc1-c1cc(F)cc(F)c1OC. The average Bonchev–Trinajstić information content (AvgIpc) is 2.69. The summed E-state index contributed by atoms with van der Waals surface area (Å²) in [5, 5.41) is 2.63. The van der Waals surface area contributed by atoms with Crippen LogP contribution in [0.5, 0.6) is 5.75 Å². The van der Waals surface area contributed by atoms with Crippen molar-refractivity contribution in [3.05, 3.63) is 53.2 Å². The van der Waals surface area contributed by atoms with E-state index >= 15 is 0 Å². The molecule has 1 amide bonds. The van der Waals surface area contributed by atoms with Gasteiger partial charge in [-0.3, -0.25) is 9.79 Å². The molecule has 0 spiro atoms. The number of rotatable bonds is 7. The number of nitrogens with one attached hydrogen (secondary N) is 1. The van der Waals surface area contributed by atoms with Crippen LogP contribution in [0.15, 0.2) is 41.0 Å². The van der Waals surface area contributed by atoms with Crippen LogP contribution in [0.1, 0.15) is 18.9 Å². The number of carbonyl (C=O) groups is 1. The maximum Gasteiger partial charge on any atom is 0.269 e. The number of nitrogens with two attached hydrogens (primary N) is 2. The highest BCUT2D eigenvalue weighted by atomic mass is 19.1. The number of methoxy groups -OCH3 is 1. The molecular formula is C20H22F2N4O2. The van der Waals surface area contributed by atoms with Crippen LogP contribution in [0, 0.1) is 11.6 Å². The lowest BCUT2D eigenvalue weighted by Gasteiger charge is -2.16. The van der Waals surface area contributed by atoms with Gasteiger partial charge in [0.2, 0.25) is 0 Å².